The Morgan fingerprint density at radius 3 is 2.75 bits per heavy atom. The van der Waals surface area contributed by atoms with Crippen LogP contribution in [0.1, 0.15) is 11.1 Å². The van der Waals surface area contributed by atoms with Gasteiger partial charge in [-0.25, -0.2) is 4.39 Å². The van der Waals surface area contributed by atoms with E-state index in [1.807, 2.05) is 12.1 Å². The highest BCUT2D eigenvalue weighted by Crippen LogP contribution is 2.32. The first-order valence-corrected chi connectivity index (χ1v) is 7.99. The van der Waals surface area contributed by atoms with Crippen molar-refractivity contribution < 1.29 is 9.13 Å². The van der Waals surface area contributed by atoms with Crippen LogP contribution in [0.3, 0.4) is 0 Å². The van der Waals surface area contributed by atoms with Gasteiger partial charge in [0.1, 0.15) is 17.7 Å². The second-order valence-electron chi connectivity index (χ2n) is 4.78. The van der Waals surface area contributed by atoms with E-state index in [2.05, 4.69) is 12.1 Å². The summed E-state index contributed by atoms with van der Waals surface area (Å²) in [6, 6.07) is 12.9. The number of hydrogen-bond donors (Lipinski definition) is 0. The smallest absolute Gasteiger partial charge is 0.123 e. The lowest BCUT2D eigenvalue weighted by atomic mass is 10.1. The highest BCUT2D eigenvalue weighted by molar-refractivity contribution is 7.99. The lowest BCUT2D eigenvalue weighted by Crippen LogP contribution is -2.15. The number of halogens is 2. The Kier molecular flexibility index (Phi) is 4.18. The van der Waals surface area contributed by atoms with Gasteiger partial charge >= 0.3 is 0 Å². The van der Waals surface area contributed by atoms with E-state index in [1.165, 1.54) is 11.0 Å². The second-order valence-corrected chi connectivity index (χ2v) is 6.15. The maximum absolute atomic E-state index is 13.1. The molecule has 0 radical (unpaired) electrons. The van der Waals surface area contributed by atoms with E-state index >= 15 is 0 Å². The summed E-state index contributed by atoms with van der Waals surface area (Å²) in [6.07, 6.45) is 0.893. The van der Waals surface area contributed by atoms with Gasteiger partial charge in [-0.2, -0.15) is 0 Å². The summed E-state index contributed by atoms with van der Waals surface area (Å²) in [7, 11) is 0. The molecule has 1 nitrogen and oxygen atoms in total. The topological polar surface area (TPSA) is 9.23 Å². The van der Waals surface area contributed by atoms with Crippen LogP contribution in [0, 0.1) is 5.82 Å². The van der Waals surface area contributed by atoms with Crippen molar-refractivity contribution in [3.63, 3.8) is 0 Å². The molecule has 1 aliphatic rings. The third kappa shape index (κ3) is 3.10. The molecule has 0 saturated heterocycles. The van der Waals surface area contributed by atoms with Crippen molar-refractivity contribution in [2.75, 3.05) is 5.75 Å². The first-order chi connectivity index (χ1) is 9.74. The average Bonchev–Trinajstić information content (AvgIpc) is 2.87. The predicted molar refractivity (Wildman–Crippen MR) is 81.2 cm³/mol. The highest BCUT2D eigenvalue weighted by Gasteiger charge is 2.23. The van der Waals surface area contributed by atoms with E-state index < -0.39 is 0 Å². The van der Waals surface area contributed by atoms with Gasteiger partial charge in [0.2, 0.25) is 0 Å². The second kappa shape index (κ2) is 6.06. The Hall–Kier alpha value is -1.19. The average molecular weight is 309 g/mol. The molecule has 0 spiro atoms. The summed E-state index contributed by atoms with van der Waals surface area (Å²) in [5.74, 6) is 2.01. The SMILES string of the molecule is Fc1ccc2c(c1)CC(CSc1ccc(CCl)cc1)O2. The van der Waals surface area contributed by atoms with Gasteiger partial charge in [0, 0.05) is 28.5 Å². The van der Waals surface area contributed by atoms with Gasteiger partial charge in [-0.1, -0.05) is 12.1 Å². The van der Waals surface area contributed by atoms with Crippen molar-refractivity contribution in [1.82, 2.24) is 0 Å². The maximum Gasteiger partial charge on any atom is 0.123 e. The summed E-state index contributed by atoms with van der Waals surface area (Å²) >= 11 is 7.52. The van der Waals surface area contributed by atoms with E-state index in [1.54, 1.807) is 23.9 Å². The molecule has 104 valence electrons. The first-order valence-electron chi connectivity index (χ1n) is 6.47. The number of rotatable bonds is 4. The van der Waals surface area contributed by atoms with E-state index in [-0.39, 0.29) is 11.9 Å². The third-order valence-electron chi connectivity index (χ3n) is 3.28. The minimum absolute atomic E-state index is 0.115. The molecule has 1 heterocycles. The summed E-state index contributed by atoms with van der Waals surface area (Å²) in [5, 5.41) is 0. The van der Waals surface area contributed by atoms with E-state index in [0.29, 0.717) is 5.88 Å². The maximum atomic E-state index is 13.1. The van der Waals surface area contributed by atoms with Crippen LogP contribution in [-0.2, 0) is 12.3 Å². The molecule has 0 aromatic heterocycles. The fourth-order valence-electron chi connectivity index (χ4n) is 2.25. The van der Waals surface area contributed by atoms with E-state index in [4.69, 9.17) is 16.3 Å². The Morgan fingerprint density at radius 2 is 2.00 bits per heavy atom. The Morgan fingerprint density at radius 1 is 1.20 bits per heavy atom. The largest absolute Gasteiger partial charge is 0.489 e. The van der Waals surface area contributed by atoms with Gasteiger partial charge in [-0.3, -0.25) is 0 Å². The van der Waals surface area contributed by atoms with Crippen molar-refractivity contribution in [2.24, 2.45) is 0 Å². The molecule has 0 fully saturated rings. The molecule has 0 saturated carbocycles. The van der Waals surface area contributed by atoms with Gasteiger partial charge < -0.3 is 4.74 Å². The third-order valence-corrected chi connectivity index (χ3v) is 4.73. The molecule has 0 bridgehead atoms. The van der Waals surface area contributed by atoms with Crippen LogP contribution in [0.25, 0.3) is 0 Å². The van der Waals surface area contributed by atoms with Crippen molar-refractivity contribution >= 4 is 23.4 Å². The molecule has 2 aromatic rings. The number of fused-ring (bicyclic) bond motifs is 1. The van der Waals surface area contributed by atoms with Gasteiger partial charge in [0.05, 0.1) is 0 Å². The number of benzene rings is 2. The fourth-order valence-corrected chi connectivity index (χ4v) is 3.32. The fraction of sp³-hybridized carbons (Fsp3) is 0.250. The Labute approximate surface area is 127 Å². The zero-order valence-electron chi connectivity index (χ0n) is 10.8. The normalized spacial score (nSPS) is 16.8. The molecule has 3 rings (SSSR count). The van der Waals surface area contributed by atoms with Crippen molar-refractivity contribution in [2.45, 2.75) is 23.3 Å². The number of thioether (sulfide) groups is 1. The lowest BCUT2D eigenvalue weighted by Gasteiger charge is -2.10. The molecular weight excluding hydrogens is 295 g/mol. The zero-order chi connectivity index (χ0) is 13.9. The van der Waals surface area contributed by atoms with Crippen LogP contribution in [-0.4, -0.2) is 11.9 Å². The number of alkyl halides is 1. The molecule has 1 aliphatic heterocycles. The predicted octanol–water partition coefficient (Wildman–Crippen LogP) is 4.66. The Bertz CT molecular complexity index is 600. The van der Waals surface area contributed by atoms with Gasteiger partial charge in [-0.15, -0.1) is 23.4 Å². The van der Waals surface area contributed by atoms with Crippen LogP contribution in [0.2, 0.25) is 0 Å². The molecule has 0 aliphatic carbocycles. The van der Waals surface area contributed by atoms with Crippen LogP contribution in [0.5, 0.6) is 5.75 Å². The van der Waals surface area contributed by atoms with E-state index in [9.17, 15) is 4.39 Å². The molecule has 20 heavy (non-hydrogen) atoms. The van der Waals surface area contributed by atoms with Gasteiger partial charge in [0.25, 0.3) is 0 Å². The molecule has 2 aromatic carbocycles. The Balaban J connectivity index is 1.58. The number of ether oxygens (including phenoxy) is 1. The van der Waals surface area contributed by atoms with Crippen LogP contribution < -0.4 is 4.74 Å². The minimum Gasteiger partial charge on any atom is -0.489 e. The standard InChI is InChI=1S/C16H14ClFOS/c17-9-11-1-4-15(5-2-11)20-10-14-8-12-7-13(18)3-6-16(12)19-14/h1-7,14H,8-10H2. The van der Waals surface area contributed by atoms with E-state index in [0.717, 1.165) is 29.1 Å². The van der Waals surface area contributed by atoms with Crippen LogP contribution in [0.15, 0.2) is 47.4 Å². The van der Waals surface area contributed by atoms with Crippen molar-refractivity contribution in [3.8, 4) is 5.75 Å². The summed E-state index contributed by atoms with van der Waals surface area (Å²) < 4.78 is 19.0. The quantitative estimate of drug-likeness (QED) is 0.600. The monoisotopic (exact) mass is 308 g/mol. The highest BCUT2D eigenvalue weighted by atomic mass is 35.5. The molecule has 0 amide bonds. The zero-order valence-corrected chi connectivity index (χ0v) is 12.4. The minimum atomic E-state index is -0.197. The van der Waals surface area contributed by atoms with Crippen molar-refractivity contribution in [1.29, 1.82) is 0 Å². The number of hydrogen-bond acceptors (Lipinski definition) is 2. The van der Waals surface area contributed by atoms with Crippen molar-refractivity contribution in [3.05, 3.63) is 59.4 Å². The van der Waals surface area contributed by atoms with Crippen LogP contribution in [0.4, 0.5) is 4.39 Å². The van der Waals surface area contributed by atoms with Gasteiger partial charge in [-0.05, 0) is 35.9 Å². The van der Waals surface area contributed by atoms with Crippen LogP contribution >= 0.6 is 23.4 Å². The summed E-state index contributed by atoms with van der Waals surface area (Å²) in [4.78, 5) is 1.20. The lowest BCUT2D eigenvalue weighted by molar-refractivity contribution is 0.259. The van der Waals surface area contributed by atoms with Gasteiger partial charge in [0.15, 0.2) is 0 Å². The summed E-state index contributed by atoms with van der Waals surface area (Å²) in [6.45, 7) is 0. The molecular formula is C16H14ClFOS. The molecule has 1 unspecified atom stereocenters. The molecule has 4 heteroatoms. The first kappa shape index (κ1) is 13.8. The molecule has 0 N–H and O–H groups in total. The summed E-state index contributed by atoms with van der Waals surface area (Å²) in [5.41, 5.74) is 2.09. The molecule has 1 atom stereocenters.